The highest BCUT2D eigenvalue weighted by molar-refractivity contribution is 5.81. The maximum Gasteiger partial charge on any atom is 0.355 e. The van der Waals surface area contributed by atoms with Crippen molar-refractivity contribution in [1.29, 1.82) is 0 Å². The van der Waals surface area contributed by atoms with Gasteiger partial charge in [-0.15, -0.1) is 0 Å². The number of carbonyl (C=O) groups is 1. The first kappa shape index (κ1) is 19.9. The molecule has 1 amide bonds. The molecule has 0 saturated carbocycles. The van der Waals surface area contributed by atoms with Crippen LogP contribution in [0, 0.1) is 20.2 Å². The Morgan fingerprint density at radius 1 is 1.10 bits per heavy atom. The Hall–Kier alpha value is -3.87. The number of nitro groups is 2. The number of benzene rings is 1. The third-order valence-electron chi connectivity index (χ3n) is 4.13. The Morgan fingerprint density at radius 2 is 1.79 bits per heavy atom. The van der Waals surface area contributed by atoms with Crippen LogP contribution in [0.5, 0.6) is 0 Å². The van der Waals surface area contributed by atoms with Gasteiger partial charge < -0.3 is 9.64 Å². The van der Waals surface area contributed by atoms with Crippen LogP contribution in [0.25, 0.3) is 0 Å². The maximum atomic E-state index is 12.1. The Bertz CT molecular complexity index is 914. The van der Waals surface area contributed by atoms with E-state index in [1.54, 1.807) is 4.90 Å². The summed E-state index contributed by atoms with van der Waals surface area (Å²) in [5.41, 5.74) is 4.92. The second-order valence-corrected chi connectivity index (χ2v) is 6.02. The minimum Gasteiger partial charge on any atom is -0.378 e. The van der Waals surface area contributed by atoms with Crippen molar-refractivity contribution in [2.24, 2.45) is 0 Å². The van der Waals surface area contributed by atoms with Gasteiger partial charge >= 0.3 is 5.69 Å². The number of morpholine rings is 1. The number of ether oxygens (including phenoxy) is 1. The molecular formula is C16H17N7O6. The van der Waals surface area contributed by atoms with Gasteiger partial charge in [-0.3, -0.25) is 35.9 Å². The Kier molecular flexibility index (Phi) is 6.09. The summed E-state index contributed by atoms with van der Waals surface area (Å²) in [4.78, 5) is 42.8. The monoisotopic (exact) mass is 403 g/mol. The second-order valence-electron chi connectivity index (χ2n) is 6.02. The average molecular weight is 403 g/mol. The van der Waals surface area contributed by atoms with Crippen molar-refractivity contribution in [1.82, 2.24) is 15.4 Å². The first-order valence-corrected chi connectivity index (χ1v) is 8.56. The second kappa shape index (κ2) is 8.88. The minimum atomic E-state index is -0.615. The van der Waals surface area contributed by atoms with E-state index in [2.05, 4.69) is 20.8 Å². The molecular weight excluding hydrogens is 386 g/mol. The lowest BCUT2D eigenvalue weighted by atomic mass is 10.1. The lowest BCUT2D eigenvalue weighted by Crippen LogP contribution is -2.37. The molecule has 2 N–H and O–H groups in total. The molecule has 1 aromatic carbocycles. The Morgan fingerprint density at radius 3 is 2.41 bits per heavy atom. The Balaban J connectivity index is 1.68. The molecule has 29 heavy (non-hydrogen) atoms. The number of nitrogens with one attached hydrogen (secondary N) is 2. The number of anilines is 2. The van der Waals surface area contributed by atoms with Gasteiger partial charge in [0.15, 0.2) is 0 Å². The maximum absolute atomic E-state index is 12.1. The number of hydrogen-bond acceptors (Lipinski definition) is 10. The van der Waals surface area contributed by atoms with Crippen molar-refractivity contribution < 1.29 is 19.4 Å². The molecule has 0 radical (unpaired) electrons. The Labute approximate surface area is 164 Å². The lowest BCUT2D eigenvalue weighted by Gasteiger charge is -2.27. The van der Waals surface area contributed by atoms with Crippen molar-refractivity contribution in [2.45, 2.75) is 6.42 Å². The summed E-state index contributed by atoms with van der Waals surface area (Å²) in [6.45, 7) is 1.75. The predicted molar refractivity (Wildman–Crippen MR) is 100 cm³/mol. The van der Waals surface area contributed by atoms with E-state index in [0.717, 1.165) is 0 Å². The first-order valence-electron chi connectivity index (χ1n) is 8.56. The van der Waals surface area contributed by atoms with Crippen molar-refractivity contribution >= 4 is 28.9 Å². The van der Waals surface area contributed by atoms with E-state index in [9.17, 15) is 25.0 Å². The molecule has 1 aliphatic heterocycles. The van der Waals surface area contributed by atoms with Gasteiger partial charge in [0.2, 0.25) is 17.5 Å². The SMILES string of the molecule is O=C(Cc1ccc([N+](=O)[O-])cc1)NNc1ncnc(N2CCOCC2)c1[N+](=O)[O-]. The number of hydrazine groups is 1. The molecule has 3 rings (SSSR count). The van der Waals surface area contributed by atoms with E-state index in [1.807, 2.05) is 0 Å². The molecule has 0 spiro atoms. The van der Waals surface area contributed by atoms with Crippen LogP contribution < -0.4 is 15.8 Å². The molecule has 2 aromatic rings. The minimum absolute atomic E-state index is 0.0831. The third-order valence-corrected chi connectivity index (χ3v) is 4.13. The van der Waals surface area contributed by atoms with Crippen molar-refractivity contribution in [3.8, 4) is 0 Å². The number of carbonyl (C=O) groups excluding carboxylic acids is 1. The molecule has 152 valence electrons. The number of aromatic nitrogens is 2. The number of amides is 1. The van der Waals surface area contributed by atoms with Gasteiger partial charge in [0.25, 0.3) is 5.69 Å². The number of non-ortho nitro benzene ring substituents is 1. The van der Waals surface area contributed by atoms with Crippen molar-refractivity contribution in [2.75, 3.05) is 36.6 Å². The summed E-state index contributed by atoms with van der Waals surface area (Å²) >= 11 is 0. The van der Waals surface area contributed by atoms with E-state index in [0.29, 0.717) is 31.9 Å². The zero-order chi connectivity index (χ0) is 20.8. The zero-order valence-electron chi connectivity index (χ0n) is 15.1. The van der Waals surface area contributed by atoms with Crippen LogP contribution in [0.4, 0.5) is 23.0 Å². The van der Waals surface area contributed by atoms with Gasteiger partial charge in [-0.25, -0.2) is 9.97 Å². The number of nitrogens with zero attached hydrogens (tertiary/aromatic N) is 5. The van der Waals surface area contributed by atoms with Crippen LogP contribution in [0.2, 0.25) is 0 Å². The van der Waals surface area contributed by atoms with Crippen molar-refractivity contribution in [3.05, 3.63) is 56.4 Å². The molecule has 0 bridgehead atoms. The largest absolute Gasteiger partial charge is 0.378 e. The van der Waals surface area contributed by atoms with E-state index in [4.69, 9.17) is 4.74 Å². The fraction of sp³-hybridized carbons (Fsp3) is 0.312. The van der Waals surface area contributed by atoms with E-state index < -0.39 is 15.8 Å². The molecule has 0 aliphatic carbocycles. The third kappa shape index (κ3) is 4.90. The molecule has 1 aromatic heterocycles. The van der Waals surface area contributed by atoms with Crippen LogP contribution in [0.15, 0.2) is 30.6 Å². The summed E-state index contributed by atoms with van der Waals surface area (Å²) in [5.74, 6) is -0.511. The molecule has 1 saturated heterocycles. The number of rotatable bonds is 7. The summed E-state index contributed by atoms with van der Waals surface area (Å²) in [7, 11) is 0. The van der Waals surface area contributed by atoms with E-state index >= 15 is 0 Å². The topological polar surface area (TPSA) is 166 Å². The van der Waals surface area contributed by atoms with Crippen LogP contribution in [0.3, 0.4) is 0 Å². The quantitative estimate of drug-likeness (QED) is 0.499. The predicted octanol–water partition coefficient (Wildman–Crippen LogP) is 0.815. The number of hydrogen-bond donors (Lipinski definition) is 2. The van der Waals surface area contributed by atoms with Crippen molar-refractivity contribution in [3.63, 3.8) is 0 Å². The van der Waals surface area contributed by atoms with Gasteiger partial charge in [-0.05, 0) is 5.56 Å². The highest BCUT2D eigenvalue weighted by Gasteiger charge is 2.28. The molecule has 1 fully saturated rings. The fourth-order valence-electron chi connectivity index (χ4n) is 2.73. The average Bonchev–Trinajstić information content (AvgIpc) is 2.73. The molecule has 0 unspecified atom stereocenters. The highest BCUT2D eigenvalue weighted by Crippen LogP contribution is 2.31. The first-order chi connectivity index (χ1) is 14.0. The smallest absolute Gasteiger partial charge is 0.355 e. The molecule has 13 nitrogen and oxygen atoms in total. The molecule has 0 atom stereocenters. The lowest BCUT2D eigenvalue weighted by molar-refractivity contribution is -0.384. The van der Waals surface area contributed by atoms with Gasteiger partial charge in [0, 0.05) is 25.2 Å². The fourth-order valence-corrected chi connectivity index (χ4v) is 2.73. The van der Waals surface area contributed by atoms with E-state index in [1.165, 1.54) is 30.6 Å². The van der Waals surface area contributed by atoms with Gasteiger partial charge in [-0.2, -0.15) is 0 Å². The number of nitro benzene ring substituents is 1. The summed E-state index contributed by atoms with van der Waals surface area (Å²) in [5, 5.41) is 22.2. The summed E-state index contributed by atoms with van der Waals surface area (Å²) < 4.78 is 5.24. The molecule has 2 heterocycles. The van der Waals surface area contributed by atoms with Crippen LogP contribution >= 0.6 is 0 Å². The van der Waals surface area contributed by atoms with Crippen LogP contribution in [-0.2, 0) is 16.0 Å². The summed E-state index contributed by atoms with van der Waals surface area (Å²) in [6.07, 6.45) is 1.09. The van der Waals surface area contributed by atoms with E-state index in [-0.39, 0.29) is 29.4 Å². The summed E-state index contributed by atoms with van der Waals surface area (Å²) in [6, 6.07) is 5.50. The van der Waals surface area contributed by atoms with Crippen LogP contribution in [0.1, 0.15) is 5.56 Å². The normalized spacial score (nSPS) is 13.6. The standard InChI is InChI=1S/C16H17N7O6/c24-13(9-11-1-3-12(4-2-11)22(25)26)19-20-15-14(23(27)28)16(18-10-17-15)21-5-7-29-8-6-21/h1-4,10H,5-9H2,(H,19,24)(H,17,18,20). The molecule has 13 heteroatoms. The van der Waals surface area contributed by atoms with Gasteiger partial charge in [0.05, 0.1) is 29.5 Å². The molecule has 1 aliphatic rings. The zero-order valence-corrected chi connectivity index (χ0v) is 15.1. The van der Waals surface area contributed by atoms with Gasteiger partial charge in [0.1, 0.15) is 6.33 Å². The van der Waals surface area contributed by atoms with Crippen LogP contribution in [-0.4, -0.2) is 52.0 Å². The van der Waals surface area contributed by atoms with Gasteiger partial charge in [-0.1, -0.05) is 12.1 Å². The highest BCUT2D eigenvalue weighted by atomic mass is 16.6.